The van der Waals surface area contributed by atoms with Gasteiger partial charge in [-0.05, 0) is 204 Å². The Morgan fingerprint density at radius 3 is 0.459 bits per heavy atom. The number of hydrogen-bond donors (Lipinski definition) is 0. The molecule has 4 aliphatic rings. The molecule has 0 spiro atoms. The molecule has 98 heavy (non-hydrogen) atoms. The van der Waals surface area contributed by atoms with E-state index < -0.39 is 21.7 Å². The van der Waals surface area contributed by atoms with Crippen molar-refractivity contribution >= 4 is 0 Å². The smallest absolute Gasteiger partial charge is 0.0443 e. The zero-order chi connectivity index (χ0) is 65.9. The predicted molar refractivity (Wildman–Crippen MR) is 400 cm³/mol. The lowest BCUT2D eigenvalue weighted by atomic mass is 9.31. The zero-order valence-electron chi connectivity index (χ0n) is 54.3. The van der Waals surface area contributed by atoms with E-state index in [-0.39, 0.29) is 0 Å². The highest BCUT2D eigenvalue weighted by atomic mass is 14.7. The summed E-state index contributed by atoms with van der Waals surface area (Å²) in [5.74, 6) is 59.8. The van der Waals surface area contributed by atoms with Gasteiger partial charge in [0.15, 0.2) is 0 Å². The second kappa shape index (κ2) is 27.6. The molecule has 4 bridgehead atoms. The van der Waals surface area contributed by atoms with Crippen LogP contribution in [0.2, 0.25) is 0 Å². The van der Waals surface area contributed by atoms with Gasteiger partial charge in [-0.2, -0.15) is 0 Å². The lowest BCUT2D eigenvalue weighted by molar-refractivity contribution is -0.0695. The minimum atomic E-state index is -0.596. The van der Waals surface area contributed by atoms with Crippen LogP contribution in [0.15, 0.2) is 315 Å². The standard InChI is InChI=1S/C98H64/c1-9-29-75(30-10-1)53-61-83-45-25-49-91(87(83)65-57-79-37-17-5-18-38-79)95-69-96(92-50-26-46-84(62-54-76-31-11-2-12-32-76)88(92)66-58-80-39-19-6-20-40-80)72-97(70-95,93-51-27-47-85(63-55-77-33-13-3-14-34-77)89(93)67-59-81-41-21-7-22-42-81)74-98(71-95,73-96)94-52-28-48-86(64-56-78-35-15-4-16-36-78)90(94)68-60-82-43-23-8-24-44-82/h1-52H,69-74H2. The van der Waals surface area contributed by atoms with Crippen LogP contribution in [0.4, 0.5) is 0 Å². The third-order valence-corrected chi connectivity index (χ3v) is 19.5. The summed E-state index contributed by atoms with van der Waals surface area (Å²) in [5, 5.41) is 0. The number of rotatable bonds is 4. The first kappa shape index (κ1) is 61.3. The highest BCUT2D eigenvalue weighted by Gasteiger charge is 2.70. The van der Waals surface area contributed by atoms with Crippen molar-refractivity contribution in [1.29, 1.82) is 0 Å². The van der Waals surface area contributed by atoms with Gasteiger partial charge < -0.3 is 0 Å². The third-order valence-electron chi connectivity index (χ3n) is 19.5. The molecular weight excluding hydrogens is 1180 g/mol. The fraction of sp³-hybridized carbons (Fsp3) is 0.102. The molecule has 4 aliphatic carbocycles. The van der Waals surface area contributed by atoms with Crippen molar-refractivity contribution in [3.8, 4) is 94.7 Å². The summed E-state index contributed by atoms with van der Waals surface area (Å²) in [6.07, 6.45) is 4.70. The van der Waals surface area contributed by atoms with Gasteiger partial charge in [-0.15, -0.1) is 0 Å². The van der Waals surface area contributed by atoms with Gasteiger partial charge in [0.25, 0.3) is 0 Å². The van der Waals surface area contributed by atoms with Crippen LogP contribution in [0.3, 0.4) is 0 Å². The lowest BCUT2D eigenvalue weighted by Crippen LogP contribution is -2.67. The average Bonchev–Trinajstić information content (AvgIpc) is 0.660. The largest absolute Gasteiger partial charge is 0.0622 e. The Labute approximate surface area is 578 Å². The van der Waals surface area contributed by atoms with E-state index in [1.165, 1.54) is 22.3 Å². The maximum absolute atomic E-state index is 3.92. The van der Waals surface area contributed by atoms with Crippen LogP contribution in [0.25, 0.3) is 0 Å². The molecule has 0 heterocycles. The molecular formula is C98H64. The molecule has 0 unspecified atom stereocenters. The molecule has 0 nitrogen and oxygen atoms in total. The molecule has 12 aromatic carbocycles. The Bertz CT molecular complexity index is 4780. The summed E-state index contributed by atoms with van der Waals surface area (Å²) >= 11 is 0. The highest BCUT2D eigenvalue weighted by Crippen LogP contribution is 2.76. The van der Waals surface area contributed by atoms with Crippen LogP contribution in [0, 0.1) is 94.7 Å². The van der Waals surface area contributed by atoms with E-state index in [2.05, 4.69) is 313 Å². The minimum absolute atomic E-state index is 0.596. The van der Waals surface area contributed by atoms with Crippen molar-refractivity contribution in [3.63, 3.8) is 0 Å². The van der Waals surface area contributed by atoms with Crippen LogP contribution in [-0.2, 0) is 21.7 Å². The maximum atomic E-state index is 3.92. The van der Waals surface area contributed by atoms with E-state index in [1.54, 1.807) is 0 Å². The average molecular weight is 1240 g/mol. The zero-order valence-corrected chi connectivity index (χ0v) is 54.3. The Morgan fingerprint density at radius 1 is 0.143 bits per heavy atom. The van der Waals surface area contributed by atoms with Crippen LogP contribution < -0.4 is 0 Å². The van der Waals surface area contributed by atoms with Gasteiger partial charge in [0.2, 0.25) is 0 Å². The van der Waals surface area contributed by atoms with Crippen LogP contribution >= 0.6 is 0 Å². The van der Waals surface area contributed by atoms with E-state index in [0.29, 0.717) is 0 Å². The number of benzene rings is 12. The Hall–Kier alpha value is -12.9. The van der Waals surface area contributed by atoms with Crippen molar-refractivity contribution in [3.05, 3.63) is 427 Å². The molecule has 4 saturated carbocycles. The summed E-state index contributed by atoms with van der Waals surface area (Å²) < 4.78 is 0. The van der Waals surface area contributed by atoms with E-state index >= 15 is 0 Å². The molecule has 16 rings (SSSR count). The molecule has 0 heteroatoms. The highest BCUT2D eigenvalue weighted by molar-refractivity contribution is 5.69. The topological polar surface area (TPSA) is 0 Å². The predicted octanol–water partition coefficient (Wildman–Crippen LogP) is 19.3. The van der Waals surface area contributed by atoms with Crippen LogP contribution in [0.5, 0.6) is 0 Å². The normalized spacial score (nSPS) is 17.9. The van der Waals surface area contributed by atoms with E-state index in [4.69, 9.17) is 0 Å². The maximum Gasteiger partial charge on any atom is 0.0443 e. The molecule has 0 amide bonds. The molecule has 0 radical (unpaired) electrons. The molecule has 0 aliphatic heterocycles. The number of hydrogen-bond acceptors (Lipinski definition) is 0. The van der Waals surface area contributed by atoms with Gasteiger partial charge >= 0.3 is 0 Å². The Balaban J connectivity index is 1.08. The molecule has 0 N–H and O–H groups in total. The van der Waals surface area contributed by atoms with E-state index in [0.717, 1.165) is 128 Å². The van der Waals surface area contributed by atoms with Crippen molar-refractivity contribution < 1.29 is 0 Å². The lowest BCUT2D eigenvalue weighted by Gasteiger charge is -2.72. The van der Waals surface area contributed by atoms with Crippen molar-refractivity contribution in [2.45, 2.75) is 60.2 Å². The van der Waals surface area contributed by atoms with Gasteiger partial charge in [-0.25, -0.2) is 0 Å². The van der Waals surface area contributed by atoms with Crippen LogP contribution in [0.1, 0.15) is 150 Å². The minimum Gasteiger partial charge on any atom is -0.0622 e. The van der Waals surface area contributed by atoms with E-state index in [1.807, 2.05) is 97.1 Å². The van der Waals surface area contributed by atoms with Crippen molar-refractivity contribution in [1.82, 2.24) is 0 Å². The van der Waals surface area contributed by atoms with Crippen LogP contribution in [-0.4, -0.2) is 0 Å². The Kier molecular flexibility index (Phi) is 17.3. The summed E-state index contributed by atoms with van der Waals surface area (Å²) in [5.41, 5.74) is 17.1. The molecule has 0 atom stereocenters. The summed E-state index contributed by atoms with van der Waals surface area (Å²) in [6.45, 7) is 0. The monoisotopic (exact) mass is 1240 g/mol. The van der Waals surface area contributed by atoms with Gasteiger partial charge in [-0.3, -0.25) is 0 Å². The first-order chi connectivity index (χ1) is 48.4. The second-order valence-corrected chi connectivity index (χ2v) is 26.0. The quantitative estimate of drug-likeness (QED) is 0.154. The van der Waals surface area contributed by atoms with Gasteiger partial charge in [-0.1, -0.05) is 289 Å². The third kappa shape index (κ3) is 13.1. The van der Waals surface area contributed by atoms with Crippen molar-refractivity contribution in [2.75, 3.05) is 0 Å². The first-order valence-corrected chi connectivity index (χ1v) is 33.5. The van der Waals surface area contributed by atoms with Gasteiger partial charge in [0, 0.05) is 89.0 Å². The summed E-state index contributed by atoms with van der Waals surface area (Å²) in [6, 6.07) is 110. The SMILES string of the molecule is C(#Cc1cccc(C23CC4(c5cccc(C#Cc6ccccc6)c5C#Cc5ccccc5)CC(c5cccc(C#Cc6ccccc6)c5C#Cc5ccccc5)(C2)CC(c2cccc(C#Cc5ccccc5)c2C#Cc2ccccc2)(C3)C4)c1C#Cc1ccccc1)c1ccccc1. The van der Waals surface area contributed by atoms with Gasteiger partial charge in [0.05, 0.1) is 0 Å². The van der Waals surface area contributed by atoms with Crippen molar-refractivity contribution in [2.24, 2.45) is 0 Å². The molecule has 0 aromatic heterocycles. The molecule has 12 aromatic rings. The summed E-state index contributed by atoms with van der Waals surface area (Å²) in [7, 11) is 0. The molecule has 0 saturated heterocycles. The second-order valence-electron chi connectivity index (χ2n) is 26.0. The Morgan fingerprint density at radius 2 is 0.296 bits per heavy atom. The first-order valence-electron chi connectivity index (χ1n) is 33.5. The summed E-state index contributed by atoms with van der Waals surface area (Å²) in [4.78, 5) is 0. The van der Waals surface area contributed by atoms with E-state index in [9.17, 15) is 0 Å². The molecule has 456 valence electrons. The van der Waals surface area contributed by atoms with Gasteiger partial charge in [0.1, 0.15) is 0 Å². The molecule has 4 fully saturated rings. The fourth-order valence-corrected chi connectivity index (χ4v) is 16.0. The fourth-order valence-electron chi connectivity index (χ4n) is 16.0.